The number of phenols is 1. The van der Waals surface area contributed by atoms with Crippen LogP contribution in [0, 0.1) is 5.82 Å². The highest BCUT2D eigenvalue weighted by Crippen LogP contribution is 2.38. The van der Waals surface area contributed by atoms with Crippen molar-refractivity contribution in [2.45, 2.75) is 31.9 Å². The zero-order valence-electron chi connectivity index (χ0n) is 15.7. The first-order valence-corrected chi connectivity index (χ1v) is 8.70. The van der Waals surface area contributed by atoms with E-state index < -0.39 is 6.10 Å². The molecule has 0 bridgehead atoms. The Labute approximate surface area is 169 Å². The molecule has 2 aromatic rings. The standard InChI is InChI=1S/C20H23FN2O4.ClH/c1-20(2,9-12-3-5-13(21)6-4-12)22-10-17(25)15-7-14(24)8-16-19(15)27-11-18(26)23-16;/h3-8,17,22,24-25H,9-11H2,1-2H3,(H,23,26);1H/t17-;/m0./s1. The number of ether oxygens (including phenoxy) is 1. The molecule has 0 saturated carbocycles. The Morgan fingerprint density at radius 1 is 1.29 bits per heavy atom. The first-order chi connectivity index (χ1) is 12.7. The number of phenolic OH excluding ortho intramolecular Hbond substituents is 1. The van der Waals surface area contributed by atoms with Crippen molar-refractivity contribution >= 4 is 24.0 Å². The van der Waals surface area contributed by atoms with Gasteiger partial charge in [0, 0.05) is 23.7 Å². The summed E-state index contributed by atoms with van der Waals surface area (Å²) in [7, 11) is 0. The third-order valence-corrected chi connectivity index (χ3v) is 4.42. The second kappa shape index (κ2) is 8.77. The van der Waals surface area contributed by atoms with Crippen molar-refractivity contribution in [3.05, 3.63) is 53.3 Å². The van der Waals surface area contributed by atoms with E-state index in [1.54, 1.807) is 12.1 Å². The Bertz CT molecular complexity index is 843. The van der Waals surface area contributed by atoms with E-state index in [1.165, 1.54) is 24.3 Å². The lowest BCUT2D eigenvalue weighted by atomic mass is 9.94. The molecule has 0 radical (unpaired) electrons. The lowest BCUT2D eigenvalue weighted by Gasteiger charge is -2.29. The SMILES string of the molecule is CC(C)(Cc1ccc(F)cc1)NC[C@H](O)c1cc(O)cc2c1OCC(=O)N2.Cl. The molecule has 1 atom stereocenters. The predicted octanol–water partition coefficient (Wildman–Crippen LogP) is 2.93. The average Bonchev–Trinajstić information content (AvgIpc) is 2.60. The number of aromatic hydroxyl groups is 1. The van der Waals surface area contributed by atoms with Crippen LogP contribution in [0.25, 0.3) is 0 Å². The number of amides is 1. The lowest BCUT2D eigenvalue weighted by Crippen LogP contribution is -2.43. The van der Waals surface area contributed by atoms with Gasteiger partial charge in [0.25, 0.3) is 5.91 Å². The van der Waals surface area contributed by atoms with Gasteiger partial charge in [0.15, 0.2) is 6.61 Å². The normalized spacial score (nSPS) is 14.4. The van der Waals surface area contributed by atoms with E-state index in [1.807, 2.05) is 13.8 Å². The monoisotopic (exact) mass is 410 g/mol. The van der Waals surface area contributed by atoms with Gasteiger partial charge in [0.05, 0.1) is 11.8 Å². The summed E-state index contributed by atoms with van der Waals surface area (Å²) in [4.78, 5) is 11.5. The summed E-state index contributed by atoms with van der Waals surface area (Å²) in [5.74, 6) is -0.301. The summed E-state index contributed by atoms with van der Waals surface area (Å²) < 4.78 is 18.5. The number of carbonyl (C=O) groups is 1. The van der Waals surface area contributed by atoms with Gasteiger partial charge in [0.1, 0.15) is 17.3 Å². The topological polar surface area (TPSA) is 90.8 Å². The number of aliphatic hydroxyl groups excluding tert-OH is 1. The van der Waals surface area contributed by atoms with Crippen molar-refractivity contribution in [1.82, 2.24) is 5.32 Å². The van der Waals surface area contributed by atoms with E-state index in [0.717, 1.165) is 5.56 Å². The van der Waals surface area contributed by atoms with Crippen LogP contribution in [-0.4, -0.2) is 34.8 Å². The lowest BCUT2D eigenvalue weighted by molar-refractivity contribution is -0.118. The fraction of sp³-hybridized carbons (Fsp3) is 0.350. The molecule has 1 aliphatic rings. The van der Waals surface area contributed by atoms with Crippen molar-refractivity contribution in [1.29, 1.82) is 0 Å². The molecule has 1 aliphatic heterocycles. The van der Waals surface area contributed by atoms with E-state index in [0.29, 0.717) is 23.4 Å². The van der Waals surface area contributed by atoms with Crippen LogP contribution in [0.5, 0.6) is 11.5 Å². The first kappa shape index (κ1) is 21.9. The molecule has 152 valence electrons. The van der Waals surface area contributed by atoms with Crippen LogP contribution in [0.4, 0.5) is 10.1 Å². The number of benzene rings is 2. The maximum absolute atomic E-state index is 13.0. The molecule has 1 heterocycles. The molecule has 4 N–H and O–H groups in total. The summed E-state index contributed by atoms with van der Waals surface area (Å²) in [5.41, 5.74) is 1.36. The summed E-state index contributed by atoms with van der Waals surface area (Å²) in [5, 5.41) is 26.4. The number of aliphatic hydroxyl groups is 1. The van der Waals surface area contributed by atoms with Crippen molar-refractivity contribution in [2.75, 3.05) is 18.5 Å². The van der Waals surface area contributed by atoms with Gasteiger partial charge in [-0.3, -0.25) is 4.79 Å². The minimum atomic E-state index is -0.951. The Morgan fingerprint density at radius 2 is 1.96 bits per heavy atom. The summed E-state index contributed by atoms with van der Waals surface area (Å²) in [6.07, 6.45) is -0.307. The first-order valence-electron chi connectivity index (χ1n) is 8.70. The number of hydrogen-bond acceptors (Lipinski definition) is 5. The molecule has 1 amide bonds. The second-order valence-electron chi connectivity index (χ2n) is 7.33. The quantitative estimate of drug-likeness (QED) is 0.588. The summed E-state index contributed by atoms with van der Waals surface area (Å²) in [6.45, 7) is 4.04. The number of nitrogens with one attached hydrogen (secondary N) is 2. The van der Waals surface area contributed by atoms with Crippen LogP contribution >= 0.6 is 12.4 Å². The Morgan fingerprint density at radius 3 is 2.64 bits per heavy atom. The number of rotatable bonds is 6. The van der Waals surface area contributed by atoms with Gasteiger partial charge in [-0.2, -0.15) is 0 Å². The second-order valence-corrected chi connectivity index (χ2v) is 7.33. The maximum atomic E-state index is 13.0. The van der Waals surface area contributed by atoms with Crippen LogP contribution in [0.1, 0.15) is 31.1 Å². The van der Waals surface area contributed by atoms with Gasteiger partial charge >= 0.3 is 0 Å². The van der Waals surface area contributed by atoms with Gasteiger partial charge < -0.3 is 25.6 Å². The molecule has 8 heteroatoms. The van der Waals surface area contributed by atoms with Crippen LogP contribution < -0.4 is 15.4 Å². The van der Waals surface area contributed by atoms with E-state index in [9.17, 15) is 19.4 Å². The Kier molecular flexibility index (Phi) is 6.87. The van der Waals surface area contributed by atoms with E-state index >= 15 is 0 Å². The summed E-state index contributed by atoms with van der Waals surface area (Å²) >= 11 is 0. The number of carbonyl (C=O) groups excluding carboxylic acids is 1. The Hall–Kier alpha value is -2.35. The van der Waals surface area contributed by atoms with Gasteiger partial charge in [-0.15, -0.1) is 12.4 Å². The molecule has 0 saturated heterocycles. The van der Waals surface area contributed by atoms with Crippen LogP contribution in [-0.2, 0) is 11.2 Å². The van der Waals surface area contributed by atoms with E-state index in [-0.39, 0.29) is 48.6 Å². The number of β-amino-alcohol motifs (C(OH)–C–C–N with tert-alkyl or cyclic N) is 1. The predicted molar refractivity (Wildman–Crippen MR) is 107 cm³/mol. The third kappa shape index (κ3) is 5.34. The van der Waals surface area contributed by atoms with Crippen molar-refractivity contribution in [3.8, 4) is 11.5 Å². The van der Waals surface area contributed by atoms with E-state index in [4.69, 9.17) is 4.74 Å². The van der Waals surface area contributed by atoms with E-state index in [2.05, 4.69) is 10.6 Å². The smallest absolute Gasteiger partial charge is 0.262 e. The van der Waals surface area contributed by atoms with Crippen LogP contribution in [0.3, 0.4) is 0 Å². The highest BCUT2D eigenvalue weighted by atomic mass is 35.5. The number of anilines is 1. The minimum absolute atomic E-state index is 0. The van der Waals surface area contributed by atoms with Gasteiger partial charge in [-0.05, 0) is 44.0 Å². The Balaban J connectivity index is 0.00000280. The number of halogens is 2. The number of fused-ring (bicyclic) bond motifs is 1. The minimum Gasteiger partial charge on any atom is -0.508 e. The molecule has 0 fully saturated rings. The van der Waals surface area contributed by atoms with Crippen LogP contribution in [0.2, 0.25) is 0 Å². The van der Waals surface area contributed by atoms with Gasteiger partial charge in [0.2, 0.25) is 0 Å². The molecule has 0 aliphatic carbocycles. The molecule has 0 unspecified atom stereocenters. The molecule has 3 rings (SSSR count). The fourth-order valence-electron chi connectivity index (χ4n) is 3.12. The molecule has 28 heavy (non-hydrogen) atoms. The van der Waals surface area contributed by atoms with Crippen molar-refractivity contribution in [2.24, 2.45) is 0 Å². The molecule has 0 spiro atoms. The number of hydrogen-bond donors (Lipinski definition) is 4. The van der Waals surface area contributed by atoms with Crippen LogP contribution in [0.15, 0.2) is 36.4 Å². The van der Waals surface area contributed by atoms with Crippen molar-refractivity contribution < 1.29 is 24.1 Å². The molecular weight excluding hydrogens is 387 g/mol. The average molecular weight is 411 g/mol. The summed E-state index contributed by atoms with van der Waals surface area (Å²) in [6, 6.07) is 9.12. The zero-order valence-corrected chi connectivity index (χ0v) is 16.5. The molecule has 0 aromatic heterocycles. The largest absolute Gasteiger partial charge is 0.508 e. The highest BCUT2D eigenvalue weighted by molar-refractivity contribution is 5.96. The third-order valence-electron chi connectivity index (χ3n) is 4.42. The van der Waals surface area contributed by atoms with Gasteiger partial charge in [-0.1, -0.05) is 12.1 Å². The molecular formula is C20H24ClFN2O4. The molecule has 6 nitrogen and oxygen atoms in total. The zero-order chi connectivity index (χ0) is 19.6. The van der Waals surface area contributed by atoms with Crippen molar-refractivity contribution in [3.63, 3.8) is 0 Å². The highest BCUT2D eigenvalue weighted by Gasteiger charge is 2.26. The molecule has 2 aromatic carbocycles. The maximum Gasteiger partial charge on any atom is 0.262 e. The fourth-order valence-corrected chi connectivity index (χ4v) is 3.12. The van der Waals surface area contributed by atoms with Gasteiger partial charge in [-0.25, -0.2) is 4.39 Å².